The molecule has 3 aromatic carbocycles. The molecule has 0 aliphatic heterocycles. The van der Waals surface area contributed by atoms with Crippen LogP contribution in [-0.4, -0.2) is 4.98 Å². The average molecular weight is 389 g/mol. The number of anilines is 1. The third kappa shape index (κ3) is 3.41. The minimum absolute atomic E-state index is 0.648. The molecule has 0 amide bonds. The Morgan fingerprint density at radius 1 is 0.741 bits per heavy atom. The van der Waals surface area contributed by atoms with Crippen LogP contribution in [0.3, 0.4) is 0 Å². The van der Waals surface area contributed by atoms with Crippen molar-refractivity contribution in [3.8, 4) is 0 Å². The lowest BCUT2D eigenvalue weighted by Gasteiger charge is -2.27. The number of aryl methyl sites for hydroxylation is 1. The molecule has 0 spiro atoms. The molecule has 0 radical (unpaired) electrons. The highest BCUT2D eigenvalue weighted by Gasteiger charge is 2.46. The Balaban J connectivity index is 2.01. The summed E-state index contributed by atoms with van der Waals surface area (Å²) in [7, 11) is -1.87. The molecule has 0 unspecified atom stereocenters. The van der Waals surface area contributed by atoms with Gasteiger partial charge in [0.2, 0.25) is 0 Å². The van der Waals surface area contributed by atoms with Gasteiger partial charge in [-0.25, -0.2) is 4.98 Å². The number of hydrogen-bond donors (Lipinski definition) is 1. The number of nitrogen functional groups attached to an aromatic ring is 1. The Labute approximate surface area is 165 Å². The largest absolute Gasteiger partial charge is 0.375 e. The van der Waals surface area contributed by atoms with Crippen molar-refractivity contribution in [3.63, 3.8) is 0 Å². The van der Waals surface area contributed by atoms with Gasteiger partial charge in [0.05, 0.1) is 10.6 Å². The van der Waals surface area contributed by atoms with Gasteiger partial charge in [-0.2, -0.15) is 0 Å². The molecule has 0 saturated carbocycles. The molecule has 1 heterocycles. The van der Waals surface area contributed by atoms with Crippen LogP contribution in [0.2, 0.25) is 0 Å². The van der Waals surface area contributed by atoms with Crippen molar-refractivity contribution >= 4 is 39.6 Å². The second-order valence-electron chi connectivity index (χ2n) is 6.54. The van der Waals surface area contributed by atoms with E-state index in [2.05, 4.69) is 103 Å². The van der Waals surface area contributed by atoms with Gasteiger partial charge in [0.25, 0.3) is 0 Å². The summed E-state index contributed by atoms with van der Waals surface area (Å²) in [5, 5.41) is 4.80. The van der Waals surface area contributed by atoms with E-state index in [0.717, 1.165) is 11.9 Å². The first-order chi connectivity index (χ1) is 13.2. The highest BCUT2D eigenvalue weighted by molar-refractivity contribution is 7.95. The number of hydrogen-bond acceptors (Lipinski definition) is 3. The first-order valence-electron chi connectivity index (χ1n) is 8.97. The molecule has 134 valence electrons. The number of nitrogens with two attached hydrogens (primary N) is 1. The van der Waals surface area contributed by atoms with Gasteiger partial charge in [0.15, 0.2) is 5.13 Å². The zero-order chi connectivity index (χ0) is 18.7. The molecular formula is C23H22N2PS+. The molecule has 4 heteroatoms. The van der Waals surface area contributed by atoms with E-state index in [1.807, 2.05) is 0 Å². The van der Waals surface area contributed by atoms with Gasteiger partial charge in [-0.1, -0.05) is 65.9 Å². The van der Waals surface area contributed by atoms with E-state index in [-0.39, 0.29) is 0 Å². The first kappa shape index (κ1) is 17.9. The first-order valence-corrected chi connectivity index (χ1v) is 11.8. The number of thiazole rings is 1. The summed E-state index contributed by atoms with van der Waals surface area (Å²) in [5.41, 5.74) is 7.08. The van der Waals surface area contributed by atoms with Crippen LogP contribution < -0.4 is 21.6 Å². The molecule has 4 aromatic rings. The maximum Gasteiger partial charge on any atom is 0.180 e. The SMILES string of the molecule is Cc1nc(N)sc1C[P+](c1ccccc1)(c1ccccc1)c1ccccc1. The lowest BCUT2D eigenvalue weighted by atomic mass is 10.3. The lowest BCUT2D eigenvalue weighted by Crippen LogP contribution is -2.32. The minimum atomic E-state index is -1.87. The number of aromatic nitrogens is 1. The third-order valence-electron chi connectivity index (χ3n) is 4.88. The van der Waals surface area contributed by atoms with Gasteiger partial charge in [0.1, 0.15) is 29.3 Å². The molecular weight excluding hydrogens is 367 g/mol. The molecule has 0 aliphatic rings. The van der Waals surface area contributed by atoms with Crippen molar-refractivity contribution in [2.45, 2.75) is 13.1 Å². The fourth-order valence-electron chi connectivity index (χ4n) is 3.58. The predicted octanol–water partition coefficient (Wildman–Crippen LogP) is 4.53. The maximum atomic E-state index is 6.03. The molecule has 4 rings (SSSR count). The minimum Gasteiger partial charge on any atom is -0.375 e. The smallest absolute Gasteiger partial charge is 0.180 e. The normalized spacial score (nSPS) is 11.4. The third-order valence-corrected chi connectivity index (χ3v) is 10.4. The van der Waals surface area contributed by atoms with Crippen LogP contribution in [-0.2, 0) is 6.16 Å². The van der Waals surface area contributed by atoms with Crippen LogP contribution in [0.4, 0.5) is 5.13 Å². The second kappa shape index (κ2) is 7.64. The van der Waals surface area contributed by atoms with E-state index in [1.54, 1.807) is 11.3 Å². The highest BCUT2D eigenvalue weighted by atomic mass is 32.1. The number of nitrogens with zero attached hydrogens (tertiary/aromatic N) is 1. The average Bonchev–Trinajstić information content (AvgIpc) is 3.04. The van der Waals surface area contributed by atoms with E-state index >= 15 is 0 Å². The summed E-state index contributed by atoms with van der Waals surface area (Å²) in [5.74, 6) is 0. The maximum absolute atomic E-state index is 6.03. The zero-order valence-corrected chi connectivity index (χ0v) is 17.0. The summed E-state index contributed by atoms with van der Waals surface area (Å²) in [6.07, 6.45) is 0.936. The van der Waals surface area contributed by atoms with E-state index in [9.17, 15) is 0 Å². The zero-order valence-electron chi connectivity index (χ0n) is 15.2. The lowest BCUT2D eigenvalue weighted by molar-refractivity contribution is 1.22. The van der Waals surface area contributed by atoms with Crippen LogP contribution in [0.25, 0.3) is 0 Å². The standard InChI is InChI=1S/C23H22N2PS/c1-18-22(27-23(24)25-18)17-26(19-11-5-2-6-12-19,20-13-7-3-8-14-20)21-15-9-4-10-16-21/h2-16H,17H2,1H3,(H2,24,25)/q+1. The van der Waals surface area contributed by atoms with Crippen LogP contribution in [0, 0.1) is 6.92 Å². The monoisotopic (exact) mass is 389 g/mol. The van der Waals surface area contributed by atoms with Crippen LogP contribution in [0.5, 0.6) is 0 Å². The van der Waals surface area contributed by atoms with E-state index in [4.69, 9.17) is 5.73 Å². The highest BCUT2D eigenvalue weighted by Crippen LogP contribution is 2.59. The van der Waals surface area contributed by atoms with Crippen LogP contribution >= 0.6 is 18.6 Å². The Morgan fingerprint density at radius 3 is 1.48 bits per heavy atom. The van der Waals surface area contributed by atoms with Crippen LogP contribution in [0.1, 0.15) is 10.6 Å². The van der Waals surface area contributed by atoms with Crippen molar-refractivity contribution in [2.24, 2.45) is 0 Å². The summed E-state index contributed by atoms with van der Waals surface area (Å²) in [4.78, 5) is 5.77. The summed E-state index contributed by atoms with van der Waals surface area (Å²) in [6.45, 7) is 2.07. The van der Waals surface area contributed by atoms with Gasteiger partial charge < -0.3 is 5.73 Å². The molecule has 0 atom stereocenters. The van der Waals surface area contributed by atoms with Crippen molar-refractivity contribution in [1.82, 2.24) is 4.98 Å². The quantitative estimate of drug-likeness (QED) is 0.510. The van der Waals surface area contributed by atoms with Gasteiger partial charge >= 0.3 is 0 Å². The predicted molar refractivity (Wildman–Crippen MR) is 120 cm³/mol. The van der Waals surface area contributed by atoms with Gasteiger partial charge in [-0.15, -0.1) is 0 Å². The fourth-order valence-corrected chi connectivity index (χ4v) is 9.19. The van der Waals surface area contributed by atoms with Crippen LogP contribution in [0.15, 0.2) is 91.0 Å². The second-order valence-corrected chi connectivity index (χ2v) is 11.1. The van der Waals surface area contributed by atoms with Crippen molar-refractivity contribution < 1.29 is 0 Å². The van der Waals surface area contributed by atoms with Gasteiger partial charge in [0, 0.05) is 0 Å². The van der Waals surface area contributed by atoms with Gasteiger partial charge in [-0.05, 0) is 43.3 Å². The molecule has 1 aromatic heterocycles. The van der Waals surface area contributed by atoms with Crippen molar-refractivity contribution in [2.75, 3.05) is 5.73 Å². The molecule has 2 nitrogen and oxygen atoms in total. The summed E-state index contributed by atoms with van der Waals surface area (Å²) >= 11 is 1.62. The topological polar surface area (TPSA) is 38.9 Å². The Bertz CT molecular complexity index is 918. The molecule has 2 N–H and O–H groups in total. The molecule has 0 bridgehead atoms. The molecule has 0 saturated heterocycles. The van der Waals surface area contributed by atoms with Crippen molar-refractivity contribution in [3.05, 3.63) is 102 Å². The summed E-state index contributed by atoms with van der Waals surface area (Å²) < 4.78 is 0. The molecule has 27 heavy (non-hydrogen) atoms. The Hall–Kier alpha value is -2.48. The van der Waals surface area contributed by atoms with E-state index in [1.165, 1.54) is 20.8 Å². The van der Waals surface area contributed by atoms with Crippen molar-refractivity contribution in [1.29, 1.82) is 0 Å². The van der Waals surface area contributed by atoms with E-state index in [0.29, 0.717) is 5.13 Å². The fraction of sp³-hybridized carbons (Fsp3) is 0.0870. The Kier molecular flexibility index (Phi) is 5.07. The van der Waals surface area contributed by atoms with E-state index < -0.39 is 7.26 Å². The number of benzene rings is 3. The van der Waals surface area contributed by atoms with Gasteiger partial charge in [-0.3, -0.25) is 0 Å². The Morgan fingerprint density at radius 2 is 1.15 bits per heavy atom. The molecule has 0 fully saturated rings. The summed E-state index contributed by atoms with van der Waals surface area (Å²) in [6, 6.07) is 32.7. The molecule has 0 aliphatic carbocycles. The number of rotatable bonds is 5.